The molecule has 0 aromatic rings. The Morgan fingerprint density at radius 3 is 2.53 bits per heavy atom. The molecular formula is C13H27N3O. The Kier molecular flexibility index (Phi) is 5.92. The van der Waals surface area contributed by atoms with E-state index in [9.17, 15) is 4.79 Å². The second-order valence-corrected chi connectivity index (χ2v) is 5.49. The molecule has 1 atom stereocenters. The number of amides is 1. The highest BCUT2D eigenvalue weighted by atomic mass is 16.2. The summed E-state index contributed by atoms with van der Waals surface area (Å²) in [5.74, 6) is 0.745. The van der Waals surface area contributed by atoms with Crippen LogP contribution in [0.15, 0.2) is 0 Å². The number of hydrogen-bond acceptors (Lipinski definition) is 3. The van der Waals surface area contributed by atoms with Crippen molar-refractivity contribution in [2.45, 2.75) is 52.1 Å². The van der Waals surface area contributed by atoms with Crippen molar-refractivity contribution in [2.75, 3.05) is 19.6 Å². The summed E-state index contributed by atoms with van der Waals surface area (Å²) in [6.45, 7) is 8.91. The normalized spacial score (nSPS) is 17.5. The molecule has 1 rings (SSSR count). The van der Waals surface area contributed by atoms with Gasteiger partial charge in [0.15, 0.2) is 0 Å². The summed E-state index contributed by atoms with van der Waals surface area (Å²) in [4.78, 5) is 14.2. The maximum atomic E-state index is 12.0. The SMILES string of the molecule is CC(C)CN(CCCN)C(C)C(=O)NC1CC1. The molecule has 1 aliphatic carbocycles. The van der Waals surface area contributed by atoms with Gasteiger partial charge in [-0.1, -0.05) is 13.8 Å². The first-order valence-electron chi connectivity index (χ1n) is 6.79. The third kappa shape index (κ3) is 5.50. The lowest BCUT2D eigenvalue weighted by atomic mass is 10.1. The van der Waals surface area contributed by atoms with Crippen molar-refractivity contribution < 1.29 is 4.79 Å². The highest BCUT2D eigenvalue weighted by molar-refractivity contribution is 5.81. The van der Waals surface area contributed by atoms with Gasteiger partial charge in [0.25, 0.3) is 0 Å². The topological polar surface area (TPSA) is 58.4 Å². The van der Waals surface area contributed by atoms with Gasteiger partial charge in [0.05, 0.1) is 6.04 Å². The Balaban J connectivity index is 2.43. The highest BCUT2D eigenvalue weighted by Crippen LogP contribution is 2.19. The minimum Gasteiger partial charge on any atom is -0.352 e. The fraction of sp³-hybridized carbons (Fsp3) is 0.923. The van der Waals surface area contributed by atoms with E-state index in [0.29, 0.717) is 18.5 Å². The van der Waals surface area contributed by atoms with Crippen molar-refractivity contribution in [3.05, 3.63) is 0 Å². The van der Waals surface area contributed by atoms with E-state index in [1.165, 1.54) is 0 Å². The molecule has 0 aliphatic heterocycles. The summed E-state index contributed by atoms with van der Waals surface area (Å²) < 4.78 is 0. The summed E-state index contributed by atoms with van der Waals surface area (Å²) in [7, 11) is 0. The number of carbonyl (C=O) groups excluding carboxylic acids is 1. The number of hydrogen-bond donors (Lipinski definition) is 2. The maximum Gasteiger partial charge on any atom is 0.237 e. The van der Waals surface area contributed by atoms with Gasteiger partial charge in [-0.2, -0.15) is 0 Å². The number of rotatable bonds is 8. The zero-order valence-electron chi connectivity index (χ0n) is 11.4. The van der Waals surface area contributed by atoms with E-state index in [4.69, 9.17) is 5.73 Å². The summed E-state index contributed by atoms with van der Waals surface area (Å²) in [5.41, 5.74) is 5.55. The molecule has 100 valence electrons. The Morgan fingerprint density at radius 1 is 1.41 bits per heavy atom. The van der Waals surface area contributed by atoms with Crippen molar-refractivity contribution in [2.24, 2.45) is 11.7 Å². The van der Waals surface area contributed by atoms with E-state index >= 15 is 0 Å². The molecule has 1 fully saturated rings. The molecule has 1 saturated carbocycles. The van der Waals surface area contributed by atoms with E-state index < -0.39 is 0 Å². The van der Waals surface area contributed by atoms with Crippen molar-refractivity contribution >= 4 is 5.91 Å². The van der Waals surface area contributed by atoms with Crippen molar-refractivity contribution in [3.8, 4) is 0 Å². The molecule has 4 heteroatoms. The summed E-state index contributed by atoms with van der Waals surface area (Å²) in [6.07, 6.45) is 3.24. The zero-order chi connectivity index (χ0) is 12.8. The quantitative estimate of drug-likeness (QED) is 0.665. The number of nitrogens with two attached hydrogens (primary N) is 1. The molecule has 3 N–H and O–H groups in total. The molecule has 17 heavy (non-hydrogen) atoms. The second-order valence-electron chi connectivity index (χ2n) is 5.49. The smallest absolute Gasteiger partial charge is 0.237 e. The Labute approximate surface area is 105 Å². The van der Waals surface area contributed by atoms with E-state index in [-0.39, 0.29) is 11.9 Å². The van der Waals surface area contributed by atoms with Gasteiger partial charge in [0.1, 0.15) is 0 Å². The molecule has 1 amide bonds. The lowest BCUT2D eigenvalue weighted by Gasteiger charge is -2.29. The van der Waals surface area contributed by atoms with Crippen LogP contribution in [-0.4, -0.2) is 42.5 Å². The minimum atomic E-state index is -0.0375. The third-order valence-corrected chi connectivity index (χ3v) is 3.10. The van der Waals surface area contributed by atoms with Crippen LogP contribution in [0.3, 0.4) is 0 Å². The van der Waals surface area contributed by atoms with Gasteiger partial charge in [-0.3, -0.25) is 9.69 Å². The first-order valence-corrected chi connectivity index (χ1v) is 6.79. The number of carbonyl (C=O) groups is 1. The monoisotopic (exact) mass is 241 g/mol. The van der Waals surface area contributed by atoms with Crippen LogP contribution >= 0.6 is 0 Å². The van der Waals surface area contributed by atoms with Crippen LogP contribution in [-0.2, 0) is 4.79 Å². The first-order chi connectivity index (χ1) is 8.04. The molecule has 0 aromatic carbocycles. The summed E-state index contributed by atoms with van der Waals surface area (Å²) >= 11 is 0. The van der Waals surface area contributed by atoms with Gasteiger partial charge in [0, 0.05) is 19.1 Å². The van der Waals surface area contributed by atoms with Crippen molar-refractivity contribution in [1.29, 1.82) is 0 Å². The van der Waals surface area contributed by atoms with E-state index in [1.54, 1.807) is 0 Å². The van der Waals surface area contributed by atoms with Crippen molar-refractivity contribution in [3.63, 3.8) is 0 Å². The molecule has 4 nitrogen and oxygen atoms in total. The third-order valence-electron chi connectivity index (χ3n) is 3.10. The van der Waals surface area contributed by atoms with Crippen LogP contribution in [0.1, 0.15) is 40.0 Å². The molecule has 0 saturated heterocycles. The number of nitrogens with one attached hydrogen (secondary N) is 1. The molecule has 1 aliphatic rings. The largest absolute Gasteiger partial charge is 0.352 e. The Morgan fingerprint density at radius 2 is 2.06 bits per heavy atom. The van der Waals surface area contributed by atoms with E-state index in [1.807, 2.05) is 6.92 Å². The molecule has 1 unspecified atom stereocenters. The van der Waals surface area contributed by atoms with Gasteiger partial charge in [-0.05, 0) is 38.6 Å². The van der Waals surface area contributed by atoms with Crippen molar-refractivity contribution in [1.82, 2.24) is 10.2 Å². The second kappa shape index (κ2) is 6.97. The molecule has 0 spiro atoms. The Hall–Kier alpha value is -0.610. The van der Waals surface area contributed by atoms with Gasteiger partial charge in [-0.15, -0.1) is 0 Å². The fourth-order valence-electron chi connectivity index (χ4n) is 1.92. The predicted molar refractivity (Wildman–Crippen MR) is 70.7 cm³/mol. The van der Waals surface area contributed by atoms with Crippen LogP contribution in [0.2, 0.25) is 0 Å². The van der Waals surface area contributed by atoms with Crippen LogP contribution < -0.4 is 11.1 Å². The van der Waals surface area contributed by atoms with Crippen LogP contribution in [0.25, 0.3) is 0 Å². The van der Waals surface area contributed by atoms with Gasteiger partial charge < -0.3 is 11.1 Å². The number of nitrogens with zero attached hydrogens (tertiary/aromatic N) is 1. The molecule has 0 heterocycles. The van der Waals surface area contributed by atoms with Crippen LogP contribution in [0.5, 0.6) is 0 Å². The maximum absolute atomic E-state index is 12.0. The first kappa shape index (κ1) is 14.5. The summed E-state index contributed by atoms with van der Waals surface area (Å²) in [6, 6.07) is 0.407. The zero-order valence-corrected chi connectivity index (χ0v) is 11.4. The van der Waals surface area contributed by atoms with Crippen LogP contribution in [0, 0.1) is 5.92 Å². The van der Waals surface area contributed by atoms with E-state index in [2.05, 4.69) is 24.1 Å². The van der Waals surface area contributed by atoms with Crippen LogP contribution in [0.4, 0.5) is 0 Å². The van der Waals surface area contributed by atoms with E-state index in [0.717, 1.165) is 32.4 Å². The molecule has 0 radical (unpaired) electrons. The average molecular weight is 241 g/mol. The lowest BCUT2D eigenvalue weighted by molar-refractivity contribution is -0.126. The lowest BCUT2D eigenvalue weighted by Crippen LogP contribution is -2.47. The fourth-order valence-corrected chi connectivity index (χ4v) is 1.92. The van der Waals surface area contributed by atoms with Gasteiger partial charge in [0.2, 0.25) is 5.91 Å². The van der Waals surface area contributed by atoms with Gasteiger partial charge in [-0.25, -0.2) is 0 Å². The molecule has 0 bridgehead atoms. The average Bonchev–Trinajstić information content (AvgIpc) is 3.06. The molecule has 0 aromatic heterocycles. The summed E-state index contributed by atoms with van der Waals surface area (Å²) in [5, 5.41) is 3.07. The predicted octanol–water partition coefficient (Wildman–Crippen LogP) is 0.960. The minimum absolute atomic E-state index is 0.0375. The molecular weight excluding hydrogens is 214 g/mol. The highest BCUT2D eigenvalue weighted by Gasteiger charge is 2.28. The standard InChI is InChI=1S/C13H27N3O/c1-10(2)9-16(8-4-7-14)11(3)13(17)15-12-5-6-12/h10-12H,4-9,14H2,1-3H3,(H,15,17). The van der Waals surface area contributed by atoms with Gasteiger partial charge >= 0.3 is 0 Å². The Bertz CT molecular complexity index is 239.